The van der Waals surface area contributed by atoms with Gasteiger partial charge in [0.15, 0.2) is 0 Å². The third kappa shape index (κ3) is 5.43. The molecule has 1 fully saturated rings. The molecule has 1 unspecified atom stereocenters. The molecule has 0 radical (unpaired) electrons. The average Bonchev–Trinajstić information content (AvgIpc) is 3.26. The first-order chi connectivity index (χ1) is 16.5. The summed E-state index contributed by atoms with van der Waals surface area (Å²) >= 11 is 0. The fraction of sp³-hybridized carbons (Fsp3) is 0.222. The van der Waals surface area contributed by atoms with Gasteiger partial charge in [-0.25, -0.2) is 0 Å². The maximum Gasteiger partial charge on any atom is 0.253 e. The van der Waals surface area contributed by atoms with Crippen LogP contribution in [0.15, 0.2) is 78.9 Å². The molecular formula is C27H27N3O4. The first kappa shape index (κ1) is 23.0. The molecule has 0 spiro atoms. The summed E-state index contributed by atoms with van der Waals surface area (Å²) in [7, 11) is 1.57. The quantitative estimate of drug-likeness (QED) is 0.540. The van der Waals surface area contributed by atoms with E-state index in [1.54, 1.807) is 48.4 Å². The second kappa shape index (κ2) is 10.7. The molecule has 1 heterocycles. The van der Waals surface area contributed by atoms with Crippen LogP contribution in [0.2, 0.25) is 0 Å². The number of ether oxygens (including phenoxy) is 1. The van der Waals surface area contributed by atoms with E-state index in [0.717, 1.165) is 5.56 Å². The molecule has 7 heteroatoms. The van der Waals surface area contributed by atoms with Crippen LogP contribution >= 0.6 is 0 Å². The van der Waals surface area contributed by atoms with E-state index in [1.165, 1.54) is 0 Å². The van der Waals surface area contributed by atoms with Crippen molar-refractivity contribution in [2.45, 2.75) is 12.8 Å². The Bertz CT molecular complexity index is 1180. The smallest absolute Gasteiger partial charge is 0.253 e. The lowest BCUT2D eigenvalue weighted by molar-refractivity contribution is -0.122. The molecule has 0 bridgehead atoms. The summed E-state index contributed by atoms with van der Waals surface area (Å²) in [5.74, 6) is -0.547. The van der Waals surface area contributed by atoms with E-state index >= 15 is 0 Å². The van der Waals surface area contributed by atoms with E-state index in [4.69, 9.17) is 4.74 Å². The van der Waals surface area contributed by atoms with Gasteiger partial charge in [0.05, 0.1) is 24.3 Å². The predicted molar refractivity (Wildman–Crippen MR) is 131 cm³/mol. The molecule has 2 N–H and O–H groups in total. The number of anilines is 2. The van der Waals surface area contributed by atoms with E-state index in [0.29, 0.717) is 35.7 Å². The summed E-state index contributed by atoms with van der Waals surface area (Å²) in [5.41, 5.74) is 2.64. The molecule has 4 rings (SSSR count). The lowest BCUT2D eigenvalue weighted by Gasteiger charge is -2.18. The third-order valence-corrected chi connectivity index (χ3v) is 5.83. The van der Waals surface area contributed by atoms with Crippen molar-refractivity contribution >= 4 is 29.1 Å². The summed E-state index contributed by atoms with van der Waals surface area (Å²) in [4.78, 5) is 39.9. The average molecular weight is 458 g/mol. The second-order valence-electron chi connectivity index (χ2n) is 8.13. The van der Waals surface area contributed by atoms with Gasteiger partial charge in [-0.1, -0.05) is 48.5 Å². The highest BCUT2D eigenvalue weighted by molar-refractivity contribution is 6.07. The molecule has 7 nitrogen and oxygen atoms in total. The Kier molecular flexibility index (Phi) is 7.22. The van der Waals surface area contributed by atoms with Crippen molar-refractivity contribution < 1.29 is 19.1 Å². The molecule has 1 saturated heterocycles. The first-order valence-corrected chi connectivity index (χ1v) is 11.2. The van der Waals surface area contributed by atoms with E-state index in [2.05, 4.69) is 10.6 Å². The highest BCUT2D eigenvalue weighted by atomic mass is 16.5. The Hall–Kier alpha value is -4.13. The van der Waals surface area contributed by atoms with E-state index in [9.17, 15) is 14.4 Å². The Morgan fingerprint density at radius 3 is 2.56 bits per heavy atom. The van der Waals surface area contributed by atoms with Crippen molar-refractivity contribution in [2.75, 3.05) is 30.4 Å². The SMILES string of the molecule is COc1cccc(N2CC(C(=O)Nc3ccccc3C(=O)NCCc3ccccc3)CC2=O)c1. The molecule has 0 saturated carbocycles. The van der Waals surface area contributed by atoms with E-state index in [-0.39, 0.29) is 30.7 Å². The van der Waals surface area contributed by atoms with Gasteiger partial charge in [0.25, 0.3) is 5.91 Å². The molecular weight excluding hydrogens is 430 g/mol. The number of carbonyl (C=O) groups excluding carboxylic acids is 3. The fourth-order valence-corrected chi connectivity index (χ4v) is 4.00. The van der Waals surface area contributed by atoms with Crippen LogP contribution in [0.25, 0.3) is 0 Å². The number of para-hydroxylation sites is 1. The minimum atomic E-state index is -0.520. The van der Waals surface area contributed by atoms with Gasteiger partial charge >= 0.3 is 0 Å². The number of nitrogens with zero attached hydrogens (tertiary/aromatic N) is 1. The number of methoxy groups -OCH3 is 1. The Labute approximate surface area is 198 Å². The van der Waals surface area contributed by atoms with Crippen molar-refractivity contribution in [3.8, 4) is 5.75 Å². The van der Waals surface area contributed by atoms with Gasteiger partial charge in [0.2, 0.25) is 11.8 Å². The van der Waals surface area contributed by atoms with Gasteiger partial charge in [0.1, 0.15) is 5.75 Å². The summed E-state index contributed by atoms with van der Waals surface area (Å²) in [6, 6.07) is 24.0. The molecule has 0 aliphatic carbocycles. The van der Waals surface area contributed by atoms with Crippen LogP contribution in [0.4, 0.5) is 11.4 Å². The normalized spacial score (nSPS) is 15.1. The molecule has 174 valence electrons. The minimum Gasteiger partial charge on any atom is -0.497 e. The number of rotatable bonds is 8. The Morgan fingerprint density at radius 2 is 1.76 bits per heavy atom. The number of benzene rings is 3. The minimum absolute atomic E-state index is 0.106. The van der Waals surface area contributed by atoms with E-state index in [1.807, 2.05) is 42.5 Å². The fourth-order valence-electron chi connectivity index (χ4n) is 4.00. The van der Waals surface area contributed by atoms with Crippen LogP contribution in [-0.4, -0.2) is 37.9 Å². The summed E-state index contributed by atoms with van der Waals surface area (Å²) in [5, 5.41) is 5.77. The molecule has 1 atom stereocenters. The zero-order valence-electron chi connectivity index (χ0n) is 19.0. The van der Waals surface area contributed by atoms with Crippen LogP contribution in [0.1, 0.15) is 22.3 Å². The summed E-state index contributed by atoms with van der Waals surface area (Å²) in [6.45, 7) is 0.751. The van der Waals surface area contributed by atoms with Crippen LogP contribution in [0, 0.1) is 5.92 Å². The Morgan fingerprint density at radius 1 is 1.00 bits per heavy atom. The lowest BCUT2D eigenvalue weighted by atomic mass is 10.1. The summed E-state index contributed by atoms with van der Waals surface area (Å²) in [6.07, 6.45) is 0.819. The van der Waals surface area contributed by atoms with Crippen LogP contribution in [0.5, 0.6) is 5.75 Å². The highest BCUT2D eigenvalue weighted by Crippen LogP contribution is 2.29. The number of amides is 3. The maximum absolute atomic E-state index is 13.0. The van der Waals surface area contributed by atoms with Crippen molar-refractivity contribution in [3.05, 3.63) is 90.0 Å². The highest BCUT2D eigenvalue weighted by Gasteiger charge is 2.35. The number of nitrogens with one attached hydrogen (secondary N) is 2. The predicted octanol–water partition coefficient (Wildman–Crippen LogP) is 3.66. The topological polar surface area (TPSA) is 87.7 Å². The standard InChI is InChI=1S/C27H27N3O4/c1-34-22-11-7-10-21(17-22)30-18-20(16-25(30)31)26(32)29-24-13-6-5-12-23(24)27(33)28-15-14-19-8-3-2-4-9-19/h2-13,17,20H,14-16,18H2,1H3,(H,28,33)(H,29,32). The van der Waals surface area contributed by atoms with Gasteiger partial charge in [-0.2, -0.15) is 0 Å². The Balaban J connectivity index is 1.38. The van der Waals surface area contributed by atoms with Crippen molar-refractivity contribution in [1.82, 2.24) is 5.32 Å². The van der Waals surface area contributed by atoms with Crippen LogP contribution in [0.3, 0.4) is 0 Å². The molecule has 3 aromatic rings. The van der Waals surface area contributed by atoms with Crippen LogP contribution < -0.4 is 20.3 Å². The molecule has 34 heavy (non-hydrogen) atoms. The van der Waals surface area contributed by atoms with Gasteiger partial charge in [0, 0.05) is 31.3 Å². The third-order valence-electron chi connectivity index (χ3n) is 5.83. The monoisotopic (exact) mass is 457 g/mol. The van der Waals surface area contributed by atoms with Crippen LogP contribution in [-0.2, 0) is 16.0 Å². The lowest BCUT2D eigenvalue weighted by Crippen LogP contribution is -2.30. The molecule has 3 aromatic carbocycles. The molecule has 1 aliphatic rings. The van der Waals surface area contributed by atoms with Gasteiger partial charge in [-0.05, 0) is 36.2 Å². The van der Waals surface area contributed by atoms with E-state index < -0.39 is 5.92 Å². The van der Waals surface area contributed by atoms with Crippen molar-refractivity contribution in [1.29, 1.82) is 0 Å². The number of hydrogen-bond acceptors (Lipinski definition) is 4. The maximum atomic E-state index is 13.0. The molecule has 1 aliphatic heterocycles. The number of carbonyl (C=O) groups is 3. The second-order valence-corrected chi connectivity index (χ2v) is 8.13. The first-order valence-electron chi connectivity index (χ1n) is 11.2. The van der Waals surface area contributed by atoms with Gasteiger partial charge < -0.3 is 20.3 Å². The van der Waals surface area contributed by atoms with Crippen molar-refractivity contribution in [2.24, 2.45) is 5.92 Å². The van der Waals surface area contributed by atoms with Crippen molar-refractivity contribution in [3.63, 3.8) is 0 Å². The summed E-state index contributed by atoms with van der Waals surface area (Å²) < 4.78 is 5.24. The molecule has 3 amide bonds. The zero-order chi connectivity index (χ0) is 23.9. The van der Waals surface area contributed by atoms with Gasteiger partial charge in [-0.3, -0.25) is 14.4 Å². The number of hydrogen-bond donors (Lipinski definition) is 2. The molecule has 0 aromatic heterocycles. The zero-order valence-corrected chi connectivity index (χ0v) is 19.0. The van der Waals surface area contributed by atoms with Gasteiger partial charge in [-0.15, -0.1) is 0 Å². The largest absolute Gasteiger partial charge is 0.497 e.